The van der Waals surface area contributed by atoms with Crippen molar-refractivity contribution in [2.24, 2.45) is 0 Å². The largest absolute Gasteiger partial charge is 0.491 e. The highest BCUT2D eigenvalue weighted by atomic mass is 32.1. The Morgan fingerprint density at radius 2 is 2.16 bits per heavy atom. The molecular weight excluding hydrogens is 337 g/mol. The highest BCUT2D eigenvalue weighted by Crippen LogP contribution is 2.28. The van der Waals surface area contributed by atoms with Crippen molar-refractivity contribution in [1.29, 1.82) is 0 Å². The standard InChI is InChI=1S/C19H20FN3OS/c1-2-3-4-10-24-18-8-7-15(11-16(18)20)22-19-23-17(13-25-19)14-6-5-9-21-12-14/h5-9,11-13H,2-4,10H2,1H3,(H,22,23). The van der Waals surface area contributed by atoms with Gasteiger partial charge in [-0.2, -0.15) is 0 Å². The summed E-state index contributed by atoms with van der Waals surface area (Å²) in [5, 5.41) is 5.78. The van der Waals surface area contributed by atoms with Crippen LogP contribution in [0.5, 0.6) is 5.75 Å². The van der Waals surface area contributed by atoms with Gasteiger partial charge in [-0.05, 0) is 30.7 Å². The van der Waals surface area contributed by atoms with Crippen molar-refractivity contribution in [3.8, 4) is 17.0 Å². The summed E-state index contributed by atoms with van der Waals surface area (Å²) in [5.41, 5.74) is 2.44. The summed E-state index contributed by atoms with van der Waals surface area (Å²) < 4.78 is 19.6. The number of nitrogens with zero attached hydrogens (tertiary/aromatic N) is 2. The van der Waals surface area contributed by atoms with Gasteiger partial charge in [0.05, 0.1) is 12.3 Å². The van der Waals surface area contributed by atoms with Gasteiger partial charge >= 0.3 is 0 Å². The van der Waals surface area contributed by atoms with Crippen molar-refractivity contribution in [3.63, 3.8) is 0 Å². The fraction of sp³-hybridized carbons (Fsp3) is 0.263. The van der Waals surface area contributed by atoms with E-state index >= 15 is 0 Å². The molecule has 1 N–H and O–H groups in total. The van der Waals surface area contributed by atoms with Crippen LogP contribution in [0, 0.1) is 5.82 Å². The lowest BCUT2D eigenvalue weighted by atomic mass is 10.2. The lowest BCUT2D eigenvalue weighted by molar-refractivity contribution is 0.291. The van der Waals surface area contributed by atoms with Crippen LogP contribution in [0.25, 0.3) is 11.3 Å². The molecule has 4 nitrogen and oxygen atoms in total. The van der Waals surface area contributed by atoms with Gasteiger partial charge in [-0.15, -0.1) is 11.3 Å². The van der Waals surface area contributed by atoms with E-state index in [1.54, 1.807) is 24.5 Å². The smallest absolute Gasteiger partial charge is 0.187 e. The molecule has 0 radical (unpaired) electrons. The van der Waals surface area contributed by atoms with E-state index in [4.69, 9.17) is 4.74 Å². The quantitative estimate of drug-likeness (QED) is 0.529. The highest BCUT2D eigenvalue weighted by Gasteiger charge is 2.08. The maximum absolute atomic E-state index is 14.1. The first-order chi connectivity index (χ1) is 12.3. The van der Waals surface area contributed by atoms with Gasteiger partial charge in [-0.3, -0.25) is 4.98 Å². The average Bonchev–Trinajstić information content (AvgIpc) is 3.09. The normalized spacial score (nSPS) is 10.6. The first-order valence-corrected chi connectivity index (χ1v) is 9.19. The van der Waals surface area contributed by atoms with E-state index in [1.165, 1.54) is 17.4 Å². The van der Waals surface area contributed by atoms with E-state index in [1.807, 2.05) is 17.5 Å². The molecule has 2 heterocycles. The Labute approximate surface area is 150 Å². The predicted octanol–water partition coefficient (Wildman–Crippen LogP) is 5.66. The summed E-state index contributed by atoms with van der Waals surface area (Å²) in [5.74, 6) is -0.0811. The van der Waals surface area contributed by atoms with Gasteiger partial charge in [0.15, 0.2) is 16.7 Å². The van der Waals surface area contributed by atoms with Crippen molar-refractivity contribution < 1.29 is 9.13 Å². The molecule has 0 aliphatic heterocycles. The number of ether oxygens (including phenoxy) is 1. The molecule has 2 aromatic heterocycles. The number of anilines is 2. The number of benzene rings is 1. The first-order valence-electron chi connectivity index (χ1n) is 8.31. The van der Waals surface area contributed by atoms with E-state index in [2.05, 4.69) is 22.2 Å². The van der Waals surface area contributed by atoms with Crippen LogP contribution < -0.4 is 10.1 Å². The van der Waals surface area contributed by atoms with Crippen LogP contribution in [0.2, 0.25) is 0 Å². The minimum absolute atomic E-state index is 0.289. The summed E-state index contributed by atoms with van der Waals surface area (Å²) in [6.45, 7) is 2.66. The van der Waals surface area contributed by atoms with Crippen LogP contribution >= 0.6 is 11.3 Å². The second-order valence-electron chi connectivity index (χ2n) is 5.61. The Morgan fingerprint density at radius 1 is 1.24 bits per heavy atom. The molecule has 3 rings (SSSR count). The molecule has 0 aliphatic rings. The first kappa shape index (κ1) is 17.4. The summed E-state index contributed by atoms with van der Waals surface area (Å²) in [7, 11) is 0. The minimum atomic E-state index is -0.370. The van der Waals surface area contributed by atoms with Crippen molar-refractivity contribution in [2.45, 2.75) is 26.2 Å². The molecule has 0 atom stereocenters. The number of halogens is 1. The number of aromatic nitrogens is 2. The Kier molecular flexibility index (Phi) is 5.95. The molecule has 1 aromatic carbocycles. The summed E-state index contributed by atoms with van der Waals surface area (Å²) in [4.78, 5) is 8.60. The van der Waals surface area contributed by atoms with Crippen molar-refractivity contribution in [1.82, 2.24) is 9.97 Å². The van der Waals surface area contributed by atoms with Gasteiger partial charge in [0.2, 0.25) is 0 Å². The number of thiazole rings is 1. The maximum atomic E-state index is 14.1. The van der Waals surface area contributed by atoms with Gasteiger partial charge in [-0.25, -0.2) is 9.37 Å². The molecule has 0 amide bonds. The maximum Gasteiger partial charge on any atom is 0.187 e. The lowest BCUT2D eigenvalue weighted by Crippen LogP contribution is -2.00. The third-order valence-electron chi connectivity index (χ3n) is 3.65. The Bertz CT molecular complexity index is 807. The van der Waals surface area contributed by atoms with E-state index < -0.39 is 0 Å². The molecule has 25 heavy (non-hydrogen) atoms. The highest BCUT2D eigenvalue weighted by molar-refractivity contribution is 7.14. The second kappa shape index (κ2) is 8.58. The minimum Gasteiger partial charge on any atom is -0.491 e. The second-order valence-corrected chi connectivity index (χ2v) is 6.46. The Morgan fingerprint density at radius 3 is 2.92 bits per heavy atom. The molecule has 0 spiro atoms. The molecule has 0 unspecified atom stereocenters. The molecule has 0 aliphatic carbocycles. The molecule has 0 saturated carbocycles. The van der Waals surface area contributed by atoms with Crippen LogP contribution in [0.3, 0.4) is 0 Å². The van der Waals surface area contributed by atoms with Crippen LogP contribution in [-0.4, -0.2) is 16.6 Å². The van der Waals surface area contributed by atoms with Crippen LogP contribution in [-0.2, 0) is 0 Å². The third-order valence-corrected chi connectivity index (χ3v) is 4.41. The van der Waals surface area contributed by atoms with Gasteiger partial charge in [-0.1, -0.05) is 19.8 Å². The average molecular weight is 357 g/mol. The predicted molar refractivity (Wildman–Crippen MR) is 100 cm³/mol. The zero-order chi connectivity index (χ0) is 17.5. The summed E-state index contributed by atoms with van der Waals surface area (Å²) in [6.07, 6.45) is 6.63. The lowest BCUT2D eigenvalue weighted by Gasteiger charge is -2.09. The fourth-order valence-electron chi connectivity index (χ4n) is 2.33. The van der Waals surface area contributed by atoms with Gasteiger partial charge in [0, 0.05) is 35.1 Å². The fourth-order valence-corrected chi connectivity index (χ4v) is 3.07. The zero-order valence-electron chi connectivity index (χ0n) is 14.0. The topological polar surface area (TPSA) is 47.0 Å². The van der Waals surface area contributed by atoms with Crippen LogP contribution in [0.15, 0.2) is 48.1 Å². The van der Waals surface area contributed by atoms with E-state index in [9.17, 15) is 4.39 Å². The Hall–Kier alpha value is -2.47. The van der Waals surface area contributed by atoms with Gasteiger partial charge < -0.3 is 10.1 Å². The van der Waals surface area contributed by atoms with Crippen LogP contribution in [0.4, 0.5) is 15.2 Å². The molecule has 0 saturated heterocycles. The third kappa shape index (κ3) is 4.76. The number of unbranched alkanes of at least 4 members (excludes halogenated alkanes) is 2. The number of pyridine rings is 1. The van der Waals surface area contributed by atoms with Crippen molar-refractivity contribution in [2.75, 3.05) is 11.9 Å². The van der Waals surface area contributed by atoms with E-state index in [0.717, 1.165) is 30.5 Å². The van der Waals surface area contributed by atoms with Crippen molar-refractivity contribution >= 4 is 22.2 Å². The monoisotopic (exact) mass is 357 g/mol. The Balaban J connectivity index is 1.63. The van der Waals surface area contributed by atoms with Gasteiger partial charge in [0.25, 0.3) is 0 Å². The SMILES string of the molecule is CCCCCOc1ccc(Nc2nc(-c3cccnc3)cs2)cc1F. The molecule has 0 fully saturated rings. The number of hydrogen-bond donors (Lipinski definition) is 1. The molecular formula is C19H20FN3OS. The van der Waals surface area contributed by atoms with Crippen LogP contribution in [0.1, 0.15) is 26.2 Å². The molecule has 0 bridgehead atoms. The molecule has 6 heteroatoms. The number of rotatable bonds is 8. The van der Waals surface area contributed by atoms with E-state index in [-0.39, 0.29) is 11.6 Å². The molecule has 3 aromatic rings. The van der Waals surface area contributed by atoms with E-state index in [0.29, 0.717) is 17.4 Å². The molecule has 130 valence electrons. The zero-order valence-corrected chi connectivity index (χ0v) is 14.9. The summed E-state index contributed by atoms with van der Waals surface area (Å²) in [6, 6.07) is 8.70. The number of nitrogens with one attached hydrogen (secondary N) is 1. The number of hydrogen-bond acceptors (Lipinski definition) is 5. The van der Waals surface area contributed by atoms with Crippen molar-refractivity contribution in [3.05, 3.63) is 53.9 Å². The van der Waals surface area contributed by atoms with Gasteiger partial charge in [0.1, 0.15) is 0 Å². The summed E-state index contributed by atoms with van der Waals surface area (Å²) >= 11 is 1.46.